The Morgan fingerprint density at radius 2 is 2.28 bits per heavy atom. The molecule has 0 bridgehead atoms. The van der Waals surface area contributed by atoms with E-state index in [1.54, 1.807) is 13.0 Å². The minimum Gasteiger partial charge on any atom is -0.363 e. The number of benzene rings is 1. The lowest BCUT2D eigenvalue weighted by Crippen LogP contribution is -2.59. The molecule has 1 aliphatic rings. The van der Waals surface area contributed by atoms with Crippen molar-refractivity contribution in [1.82, 2.24) is 5.32 Å². The Bertz CT molecular complexity index is 458. The number of rotatable bonds is 4. The lowest BCUT2D eigenvalue weighted by atomic mass is 10.0. The van der Waals surface area contributed by atoms with Crippen LogP contribution in [0, 0.1) is 12.7 Å². The Balaban J connectivity index is 1.85. The van der Waals surface area contributed by atoms with E-state index in [1.165, 1.54) is 12.1 Å². The summed E-state index contributed by atoms with van der Waals surface area (Å²) in [5.74, 6) is -0.508. The zero-order valence-corrected chi connectivity index (χ0v) is 10.5. The quantitative estimate of drug-likeness (QED) is 0.852. The molecule has 5 heteroatoms. The number of carbonyl (C=O) groups excluding carboxylic acids is 1. The van der Waals surface area contributed by atoms with Gasteiger partial charge in [-0.1, -0.05) is 0 Å². The van der Waals surface area contributed by atoms with E-state index in [2.05, 4.69) is 10.6 Å². The second kappa shape index (κ2) is 5.04. The van der Waals surface area contributed by atoms with E-state index in [9.17, 15) is 9.18 Å². The molecule has 4 nitrogen and oxygen atoms in total. The van der Waals surface area contributed by atoms with Gasteiger partial charge in [-0.25, -0.2) is 4.39 Å². The Morgan fingerprint density at radius 1 is 1.56 bits per heavy atom. The molecule has 0 aliphatic carbocycles. The number of halogens is 1. The standard InChI is InChI=1S/C13H17FN2O2/c1-9-5-10(3-4-11(9)14)16-12(17)6-18-13(2)7-15-8-13/h3-5,15H,6-8H2,1-2H3,(H,16,17). The van der Waals surface area contributed by atoms with Crippen LogP contribution in [0.25, 0.3) is 0 Å². The summed E-state index contributed by atoms with van der Waals surface area (Å²) in [5.41, 5.74) is 0.846. The SMILES string of the molecule is Cc1cc(NC(=O)COC2(C)CNC2)ccc1F. The third-order valence-electron chi connectivity index (χ3n) is 2.99. The second-order valence-electron chi connectivity index (χ2n) is 4.85. The molecule has 0 unspecified atom stereocenters. The summed E-state index contributed by atoms with van der Waals surface area (Å²) in [7, 11) is 0. The largest absolute Gasteiger partial charge is 0.363 e. The smallest absolute Gasteiger partial charge is 0.250 e. The van der Waals surface area contributed by atoms with Crippen molar-refractivity contribution >= 4 is 11.6 Å². The van der Waals surface area contributed by atoms with Gasteiger partial charge in [-0.15, -0.1) is 0 Å². The van der Waals surface area contributed by atoms with Gasteiger partial charge in [-0.2, -0.15) is 0 Å². The molecule has 1 heterocycles. The van der Waals surface area contributed by atoms with Gasteiger partial charge in [0.25, 0.3) is 0 Å². The molecule has 1 amide bonds. The van der Waals surface area contributed by atoms with Gasteiger partial charge in [0.05, 0.1) is 5.60 Å². The van der Waals surface area contributed by atoms with Gasteiger partial charge in [-0.05, 0) is 37.6 Å². The van der Waals surface area contributed by atoms with Crippen LogP contribution in [0.4, 0.5) is 10.1 Å². The van der Waals surface area contributed by atoms with E-state index >= 15 is 0 Å². The van der Waals surface area contributed by atoms with Gasteiger partial charge < -0.3 is 15.4 Å². The molecule has 0 radical (unpaired) electrons. The van der Waals surface area contributed by atoms with Crippen LogP contribution in [0.15, 0.2) is 18.2 Å². The van der Waals surface area contributed by atoms with Crippen molar-refractivity contribution in [3.8, 4) is 0 Å². The van der Waals surface area contributed by atoms with Crippen LogP contribution in [0.5, 0.6) is 0 Å². The van der Waals surface area contributed by atoms with Gasteiger partial charge in [0.1, 0.15) is 12.4 Å². The van der Waals surface area contributed by atoms with E-state index < -0.39 is 0 Å². The Kier molecular flexibility index (Phi) is 3.63. The summed E-state index contributed by atoms with van der Waals surface area (Å²) >= 11 is 0. The number of aryl methyl sites for hydroxylation is 1. The zero-order chi connectivity index (χ0) is 13.2. The molecule has 1 fully saturated rings. The number of hydrogen-bond acceptors (Lipinski definition) is 3. The van der Waals surface area contributed by atoms with Crippen molar-refractivity contribution in [3.05, 3.63) is 29.6 Å². The van der Waals surface area contributed by atoms with E-state index in [0.29, 0.717) is 11.3 Å². The predicted octanol–water partition coefficient (Wildman–Crippen LogP) is 1.45. The molecular weight excluding hydrogens is 235 g/mol. The molecule has 1 aromatic carbocycles. The molecule has 0 saturated carbocycles. The van der Waals surface area contributed by atoms with Crippen LogP contribution in [-0.4, -0.2) is 31.2 Å². The van der Waals surface area contributed by atoms with Gasteiger partial charge in [0.2, 0.25) is 5.91 Å². The number of hydrogen-bond donors (Lipinski definition) is 2. The minimum atomic E-state index is -0.280. The van der Waals surface area contributed by atoms with Crippen LogP contribution < -0.4 is 10.6 Å². The molecule has 2 rings (SSSR count). The summed E-state index contributed by atoms with van der Waals surface area (Å²) in [5, 5.41) is 5.77. The maximum atomic E-state index is 13.0. The number of anilines is 1. The number of nitrogens with one attached hydrogen (secondary N) is 2. The summed E-state index contributed by atoms with van der Waals surface area (Å²) in [6.07, 6.45) is 0. The van der Waals surface area contributed by atoms with Crippen molar-refractivity contribution in [2.24, 2.45) is 0 Å². The fraction of sp³-hybridized carbons (Fsp3) is 0.462. The first-order valence-electron chi connectivity index (χ1n) is 5.89. The Labute approximate surface area is 106 Å². The fourth-order valence-corrected chi connectivity index (χ4v) is 1.74. The molecule has 18 heavy (non-hydrogen) atoms. The Hall–Kier alpha value is -1.46. The van der Waals surface area contributed by atoms with Crippen molar-refractivity contribution in [1.29, 1.82) is 0 Å². The summed E-state index contributed by atoms with van der Waals surface area (Å²) in [4.78, 5) is 11.6. The third-order valence-corrected chi connectivity index (χ3v) is 2.99. The number of amides is 1. The molecule has 1 aliphatic heterocycles. The minimum absolute atomic E-state index is 0.00854. The highest BCUT2D eigenvalue weighted by Gasteiger charge is 2.32. The monoisotopic (exact) mass is 252 g/mol. The van der Waals surface area contributed by atoms with E-state index in [1.807, 2.05) is 6.92 Å². The average Bonchev–Trinajstić information content (AvgIpc) is 2.29. The van der Waals surface area contributed by atoms with Gasteiger partial charge in [-0.3, -0.25) is 4.79 Å². The number of carbonyl (C=O) groups is 1. The van der Waals surface area contributed by atoms with Crippen LogP contribution >= 0.6 is 0 Å². The lowest BCUT2D eigenvalue weighted by molar-refractivity contribution is -0.130. The van der Waals surface area contributed by atoms with E-state index in [-0.39, 0.29) is 23.9 Å². The molecule has 98 valence electrons. The van der Waals surface area contributed by atoms with Gasteiger partial charge in [0, 0.05) is 18.8 Å². The molecule has 2 N–H and O–H groups in total. The number of ether oxygens (including phenoxy) is 1. The van der Waals surface area contributed by atoms with Gasteiger partial charge in [0.15, 0.2) is 0 Å². The molecular formula is C13H17FN2O2. The summed E-state index contributed by atoms with van der Waals surface area (Å²) in [6, 6.07) is 4.47. The van der Waals surface area contributed by atoms with Crippen LogP contribution in [-0.2, 0) is 9.53 Å². The zero-order valence-electron chi connectivity index (χ0n) is 10.5. The lowest BCUT2D eigenvalue weighted by Gasteiger charge is -2.38. The van der Waals surface area contributed by atoms with Crippen molar-refractivity contribution < 1.29 is 13.9 Å². The third kappa shape index (κ3) is 3.05. The topological polar surface area (TPSA) is 50.4 Å². The first kappa shape index (κ1) is 13.0. The van der Waals surface area contributed by atoms with Gasteiger partial charge >= 0.3 is 0 Å². The summed E-state index contributed by atoms with van der Waals surface area (Å²) in [6.45, 7) is 5.14. The first-order chi connectivity index (χ1) is 8.48. The highest BCUT2D eigenvalue weighted by Crippen LogP contribution is 2.16. The maximum absolute atomic E-state index is 13.0. The predicted molar refractivity (Wildman–Crippen MR) is 67.0 cm³/mol. The molecule has 1 saturated heterocycles. The van der Waals surface area contributed by atoms with Crippen LogP contribution in [0.3, 0.4) is 0 Å². The molecule has 0 spiro atoms. The second-order valence-corrected chi connectivity index (χ2v) is 4.85. The van der Waals surface area contributed by atoms with Crippen LogP contribution in [0.1, 0.15) is 12.5 Å². The highest BCUT2D eigenvalue weighted by atomic mass is 19.1. The first-order valence-corrected chi connectivity index (χ1v) is 5.89. The Morgan fingerprint density at radius 3 is 2.83 bits per heavy atom. The molecule has 1 aromatic rings. The van der Waals surface area contributed by atoms with Crippen LogP contribution in [0.2, 0.25) is 0 Å². The van der Waals surface area contributed by atoms with E-state index in [4.69, 9.17) is 4.74 Å². The highest BCUT2D eigenvalue weighted by molar-refractivity contribution is 5.91. The van der Waals surface area contributed by atoms with Crippen molar-refractivity contribution in [2.75, 3.05) is 25.0 Å². The maximum Gasteiger partial charge on any atom is 0.250 e. The van der Waals surface area contributed by atoms with Crippen molar-refractivity contribution in [2.45, 2.75) is 19.4 Å². The molecule has 0 atom stereocenters. The van der Waals surface area contributed by atoms with Crippen molar-refractivity contribution in [3.63, 3.8) is 0 Å². The molecule has 0 aromatic heterocycles. The fourth-order valence-electron chi connectivity index (χ4n) is 1.74. The normalized spacial score (nSPS) is 17.1. The summed E-state index contributed by atoms with van der Waals surface area (Å²) < 4.78 is 18.6. The average molecular weight is 252 g/mol. The van der Waals surface area contributed by atoms with E-state index in [0.717, 1.165) is 13.1 Å².